The second-order valence-electron chi connectivity index (χ2n) is 7.16. The third-order valence-corrected chi connectivity index (χ3v) is 5.65. The Morgan fingerprint density at radius 2 is 2.15 bits per heavy atom. The van der Waals surface area contributed by atoms with Gasteiger partial charge in [0.15, 0.2) is 5.69 Å². The Bertz CT molecular complexity index is 818. The van der Waals surface area contributed by atoms with Crippen LogP contribution in [0, 0.1) is 6.92 Å². The van der Waals surface area contributed by atoms with Crippen molar-refractivity contribution in [3.05, 3.63) is 34.7 Å². The summed E-state index contributed by atoms with van der Waals surface area (Å²) in [5, 5.41) is 15.5. The van der Waals surface area contributed by atoms with Crippen LogP contribution in [0.2, 0.25) is 5.02 Å². The molecule has 2 aromatic heterocycles. The van der Waals surface area contributed by atoms with Crippen LogP contribution in [0.1, 0.15) is 41.5 Å². The van der Waals surface area contributed by atoms with Crippen LogP contribution in [-0.4, -0.2) is 58.1 Å². The molecule has 2 fully saturated rings. The summed E-state index contributed by atoms with van der Waals surface area (Å²) in [6.07, 6.45) is 4.59. The molecule has 9 heteroatoms. The van der Waals surface area contributed by atoms with Crippen molar-refractivity contribution in [1.29, 1.82) is 0 Å². The molecule has 2 aliphatic rings. The zero-order valence-corrected chi connectivity index (χ0v) is 16.1. The van der Waals surface area contributed by atoms with Crippen LogP contribution in [0.15, 0.2) is 18.3 Å². The van der Waals surface area contributed by atoms with Crippen molar-refractivity contribution in [2.75, 3.05) is 31.1 Å². The number of rotatable bonds is 4. The SMILES string of the molecule is Cc1c(C(=O)NC2CCN(c3ncccc3Cl)C2)nnn1C1CCNCC1. The van der Waals surface area contributed by atoms with Crippen molar-refractivity contribution >= 4 is 23.3 Å². The van der Waals surface area contributed by atoms with E-state index in [-0.39, 0.29) is 11.9 Å². The number of pyridine rings is 1. The topological polar surface area (TPSA) is 88.0 Å². The largest absolute Gasteiger partial charge is 0.353 e. The maximum Gasteiger partial charge on any atom is 0.274 e. The third kappa shape index (κ3) is 3.77. The number of hydrogen-bond donors (Lipinski definition) is 2. The zero-order valence-electron chi connectivity index (χ0n) is 15.4. The molecule has 1 amide bonds. The maximum atomic E-state index is 12.7. The highest BCUT2D eigenvalue weighted by Gasteiger charge is 2.28. The van der Waals surface area contributed by atoms with Gasteiger partial charge in [-0.15, -0.1) is 5.10 Å². The first kappa shape index (κ1) is 18.2. The van der Waals surface area contributed by atoms with E-state index >= 15 is 0 Å². The van der Waals surface area contributed by atoms with Crippen LogP contribution in [0.25, 0.3) is 0 Å². The third-order valence-electron chi connectivity index (χ3n) is 5.36. The van der Waals surface area contributed by atoms with Gasteiger partial charge in [0, 0.05) is 25.3 Å². The molecule has 0 spiro atoms. The molecule has 0 bridgehead atoms. The second-order valence-corrected chi connectivity index (χ2v) is 7.57. The van der Waals surface area contributed by atoms with E-state index in [0.717, 1.165) is 50.4 Å². The number of hydrogen-bond acceptors (Lipinski definition) is 6. The van der Waals surface area contributed by atoms with Gasteiger partial charge in [0.2, 0.25) is 0 Å². The molecular formula is C18H24ClN7O. The van der Waals surface area contributed by atoms with Crippen LogP contribution < -0.4 is 15.5 Å². The van der Waals surface area contributed by atoms with Gasteiger partial charge in [-0.3, -0.25) is 4.79 Å². The van der Waals surface area contributed by atoms with Gasteiger partial charge < -0.3 is 15.5 Å². The van der Waals surface area contributed by atoms with Gasteiger partial charge in [0.05, 0.1) is 16.8 Å². The average molecular weight is 390 g/mol. The number of carbonyl (C=O) groups is 1. The maximum absolute atomic E-state index is 12.7. The van der Waals surface area contributed by atoms with Crippen molar-refractivity contribution in [1.82, 2.24) is 30.6 Å². The molecular weight excluding hydrogens is 366 g/mol. The monoisotopic (exact) mass is 389 g/mol. The number of nitrogens with zero attached hydrogens (tertiary/aromatic N) is 5. The van der Waals surface area contributed by atoms with Crippen LogP contribution in [-0.2, 0) is 0 Å². The van der Waals surface area contributed by atoms with Gasteiger partial charge in [-0.25, -0.2) is 9.67 Å². The molecule has 0 radical (unpaired) electrons. The number of amides is 1. The lowest BCUT2D eigenvalue weighted by molar-refractivity contribution is 0.0934. The van der Waals surface area contributed by atoms with E-state index in [1.807, 2.05) is 23.7 Å². The molecule has 8 nitrogen and oxygen atoms in total. The van der Waals surface area contributed by atoms with Crippen LogP contribution in [0.4, 0.5) is 5.82 Å². The van der Waals surface area contributed by atoms with Crippen molar-refractivity contribution in [3.63, 3.8) is 0 Å². The van der Waals surface area contributed by atoms with E-state index in [1.165, 1.54) is 0 Å². The van der Waals surface area contributed by atoms with Crippen molar-refractivity contribution in [2.45, 2.75) is 38.3 Å². The van der Waals surface area contributed by atoms with Crippen molar-refractivity contribution in [2.24, 2.45) is 0 Å². The van der Waals surface area contributed by atoms with Crippen LogP contribution >= 0.6 is 11.6 Å². The molecule has 4 heterocycles. The summed E-state index contributed by atoms with van der Waals surface area (Å²) in [6, 6.07) is 4.00. The molecule has 4 rings (SSSR count). The summed E-state index contributed by atoms with van der Waals surface area (Å²) < 4.78 is 1.91. The fraction of sp³-hybridized carbons (Fsp3) is 0.556. The Hall–Kier alpha value is -2.19. The summed E-state index contributed by atoms with van der Waals surface area (Å²) in [7, 11) is 0. The van der Waals surface area contributed by atoms with E-state index in [4.69, 9.17) is 11.6 Å². The first-order valence-corrected chi connectivity index (χ1v) is 9.80. The molecule has 2 aromatic rings. The number of nitrogens with one attached hydrogen (secondary N) is 2. The number of carbonyl (C=O) groups excluding carboxylic acids is 1. The van der Waals surface area contributed by atoms with Gasteiger partial charge in [-0.2, -0.15) is 0 Å². The summed E-state index contributed by atoms with van der Waals surface area (Å²) >= 11 is 6.23. The number of anilines is 1. The first-order chi connectivity index (χ1) is 13.1. The van der Waals surface area contributed by atoms with Gasteiger partial charge in [-0.05, 0) is 51.4 Å². The fourth-order valence-electron chi connectivity index (χ4n) is 3.88. The predicted octanol–water partition coefficient (Wildman–Crippen LogP) is 1.57. The normalized spacial score (nSPS) is 20.8. The number of aromatic nitrogens is 4. The van der Waals surface area contributed by atoms with Gasteiger partial charge in [0.1, 0.15) is 5.82 Å². The molecule has 144 valence electrons. The zero-order chi connectivity index (χ0) is 18.8. The van der Waals surface area contributed by atoms with E-state index < -0.39 is 0 Å². The minimum absolute atomic E-state index is 0.0407. The van der Waals surface area contributed by atoms with E-state index in [2.05, 4.69) is 30.8 Å². The molecule has 2 saturated heterocycles. The van der Waals surface area contributed by atoms with Crippen LogP contribution in [0.3, 0.4) is 0 Å². The predicted molar refractivity (Wildman–Crippen MR) is 103 cm³/mol. The quantitative estimate of drug-likeness (QED) is 0.825. The lowest BCUT2D eigenvalue weighted by atomic mass is 10.1. The molecule has 0 aliphatic carbocycles. The second kappa shape index (κ2) is 7.82. The number of halogens is 1. The first-order valence-electron chi connectivity index (χ1n) is 9.42. The highest BCUT2D eigenvalue weighted by Crippen LogP contribution is 2.26. The highest BCUT2D eigenvalue weighted by molar-refractivity contribution is 6.32. The van der Waals surface area contributed by atoms with Gasteiger partial charge >= 0.3 is 0 Å². The molecule has 27 heavy (non-hydrogen) atoms. The highest BCUT2D eigenvalue weighted by atomic mass is 35.5. The standard InChI is InChI=1S/C18H24ClN7O/c1-12-16(23-24-26(12)14-4-8-20-9-5-14)18(27)22-13-6-10-25(11-13)17-15(19)3-2-7-21-17/h2-3,7,13-14,20H,4-6,8-11H2,1H3,(H,22,27). The summed E-state index contributed by atoms with van der Waals surface area (Å²) in [5.41, 5.74) is 1.25. The average Bonchev–Trinajstić information content (AvgIpc) is 3.29. The van der Waals surface area contributed by atoms with E-state index in [1.54, 1.807) is 6.20 Å². The van der Waals surface area contributed by atoms with E-state index in [9.17, 15) is 4.79 Å². The van der Waals surface area contributed by atoms with Gasteiger partial charge in [0.25, 0.3) is 5.91 Å². The Morgan fingerprint density at radius 3 is 2.93 bits per heavy atom. The number of piperidine rings is 1. The minimum Gasteiger partial charge on any atom is -0.353 e. The lowest BCUT2D eigenvalue weighted by Crippen LogP contribution is -2.37. The lowest BCUT2D eigenvalue weighted by Gasteiger charge is -2.23. The molecule has 0 aromatic carbocycles. The Kier molecular flexibility index (Phi) is 5.27. The Morgan fingerprint density at radius 1 is 1.33 bits per heavy atom. The molecule has 2 aliphatic heterocycles. The molecule has 0 saturated carbocycles. The van der Waals surface area contributed by atoms with Gasteiger partial charge in [-0.1, -0.05) is 16.8 Å². The minimum atomic E-state index is -0.161. The summed E-state index contributed by atoms with van der Waals surface area (Å²) in [5.74, 6) is 0.607. The Labute approximate surface area is 163 Å². The smallest absolute Gasteiger partial charge is 0.274 e. The molecule has 2 N–H and O–H groups in total. The molecule has 1 unspecified atom stereocenters. The molecule has 1 atom stereocenters. The summed E-state index contributed by atoms with van der Waals surface area (Å²) in [4.78, 5) is 19.2. The van der Waals surface area contributed by atoms with Crippen molar-refractivity contribution in [3.8, 4) is 0 Å². The van der Waals surface area contributed by atoms with Crippen molar-refractivity contribution < 1.29 is 4.79 Å². The summed E-state index contributed by atoms with van der Waals surface area (Å²) in [6.45, 7) is 5.36. The fourth-order valence-corrected chi connectivity index (χ4v) is 4.12. The van der Waals surface area contributed by atoms with E-state index in [0.29, 0.717) is 23.3 Å². The van der Waals surface area contributed by atoms with Crippen LogP contribution in [0.5, 0.6) is 0 Å². The Balaban J connectivity index is 1.40.